The van der Waals surface area contributed by atoms with Crippen LogP contribution in [0.15, 0.2) is 24.3 Å². The van der Waals surface area contributed by atoms with E-state index in [0.717, 1.165) is 19.3 Å². The third-order valence-electron chi connectivity index (χ3n) is 4.82. The Kier molecular flexibility index (Phi) is 6.94. The molecule has 1 saturated carbocycles. The second-order valence-corrected chi connectivity index (χ2v) is 6.62. The summed E-state index contributed by atoms with van der Waals surface area (Å²) in [7, 11) is 0. The number of rotatable bonds is 7. The van der Waals surface area contributed by atoms with E-state index in [-0.39, 0.29) is 23.4 Å². The van der Waals surface area contributed by atoms with Gasteiger partial charge in [0.25, 0.3) is 5.91 Å². The van der Waals surface area contributed by atoms with Crippen molar-refractivity contribution < 1.29 is 24.0 Å². The first-order valence-corrected chi connectivity index (χ1v) is 8.69. The van der Waals surface area contributed by atoms with Crippen molar-refractivity contribution in [2.24, 2.45) is 11.8 Å². The van der Waals surface area contributed by atoms with E-state index >= 15 is 0 Å². The van der Waals surface area contributed by atoms with Crippen LogP contribution < -0.4 is 10.1 Å². The monoisotopic (exact) mass is 364 g/mol. The van der Waals surface area contributed by atoms with E-state index in [1.165, 1.54) is 18.2 Å². The molecule has 0 saturated heterocycles. The van der Waals surface area contributed by atoms with Gasteiger partial charge >= 0.3 is 11.7 Å². The van der Waals surface area contributed by atoms with Gasteiger partial charge < -0.3 is 14.8 Å². The zero-order valence-corrected chi connectivity index (χ0v) is 15.0. The Balaban J connectivity index is 1.75. The zero-order valence-electron chi connectivity index (χ0n) is 15.0. The largest absolute Gasteiger partial charge is 0.475 e. The predicted octanol–water partition coefficient (Wildman–Crippen LogP) is 2.46. The van der Waals surface area contributed by atoms with Crippen molar-refractivity contribution in [3.8, 4) is 5.75 Å². The van der Waals surface area contributed by atoms with Crippen molar-refractivity contribution in [1.29, 1.82) is 0 Å². The van der Waals surface area contributed by atoms with E-state index in [9.17, 15) is 19.7 Å². The number of nitro benzene ring substituents is 1. The van der Waals surface area contributed by atoms with Crippen molar-refractivity contribution in [2.75, 3.05) is 13.2 Å². The van der Waals surface area contributed by atoms with Crippen LogP contribution in [-0.4, -0.2) is 36.1 Å². The lowest BCUT2D eigenvalue weighted by molar-refractivity contribution is -0.385. The molecule has 1 aliphatic carbocycles. The maximum Gasteiger partial charge on any atom is 0.344 e. The second-order valence-electron chi connectivity index (χ2n) is 6.62. The van der Waals surface area contributed by atoms with Gasteiger partial charge in [-0.05, 0) is 24.3 Å². The number of carbonyl (C=O) groups excluding carboxylic acids is 2. The number of ether oxygens (including phenoxy) is 2. The van der Waals surface area contributed by atoms with Gasteiger partial charge in [0.05, 0.1) is 4.92 Å². The molecule has 0 aromatic heterocycles. The summed E-state index contributed by atoms with van der Waals surface area (Å²) in [6.07, 6.45) is 3.15. The highest BCUT2D eigenvalue weighted by Gasteiger charge is 2.28. The number of amides is 1. The molecule has 26 heavy (non-hydrogen) atoms. The Morgan fingerprint density at radius 3 is 2.69 bits per heavy atom. The molecule has 1 aromatic rings. The molecule has 1 aromatic carbocycles. The van der Waals surface area contributed by atoms with Crippen LogP contribution in [0.4, 0.5) is 5.69 Å². The molecule has 3 unspecified atom stereocenters. The van der Waals surface area contributed by atoms with Crippen LogP contribution in [0, 0.1) is 22.0 Å². The Bertz CT molecular complexity index is 663. The zero-order chi connectivity index (χ0) is 19.1. The lowest BCUT2D eigenvalue weighted by Gasteiger charge is -2.34. The molecule has 142 valence electrons. The third-order valence-corrected chi connectivity index (χ3v) is 4.82. The van der Waals surface area contributed by atoms with Gasteiger partial charge in [-0.15, -0.1) is 0 Å². The smallest absolute Gasteiger partial charge is 0.344 e. The van der Waals surface area contributed by atoms with Gasteiger partial charge in [-0.3, -0.25) is 14.9 Å². The summed E-state index contributed by atoms with van der Waals surface area (Å²) < 4.78 is 10.0. The van der Waals surface area contributed by atoms with Crippen molar-refractivity contribution in [3.63, 3.8) is 0 Å². The van der Waals surface area contributed by atoms with Crippen molar-refractivity contribution >= 4 is 17.6 Å². The Morgan fingerprint density at radius 1 is 1.23 bits per heavy atom. The molecule has 0 heterocycles. The summed E-state index contributed by atoms with van der Waals surface area (Å²) >= 11 is 0. The van der Waals surface area contributed by atoms with Crippen molar-refractivity contribution in [1.82, 2.24) is 5.32 Å². The first-order chi connectivity index (χ1) is 12.4. The van der Waals surface area contributed by atoms with Crippen molar-refractivity contribution in [2.45, 2.75) is 39.2 Å². The Labute approximate surface area is 152 Å². The van der Waals surface area contributed by atoms with Gasteiger partial charge in [0.2, 0.25) is 0 Å². The predicted molar refractivity (Wildman–Crippen MR) is 93.7 cm³/mol. The maximum absolute atomic E-state index is 12.0. The van der Waals surface area contributed by atoms with Crippen molar-refractivity contribution in [3.05, 3.63) is 34.4 Å². The number of hydrogen-bond donors (Lipinski definition) is 1. The quantitative estimate of drug-likeness (QED) is 0.452. The van der Waals surface area contributed by atoms with E-state index in [1.54, 1.807) is 6.07 Å². The number of para-hydroxylation sites is 2. The van der Waals surface area contributed by atoms with Crippen LogP contribution in [0.5, 0.6) is 5.75 Å². The van der Waals surface area contributed by atoms with Gasteiger partial charge in [-0.2, -0.15) is 0 Å². The minimum atomic E-state index is -0.761. The topological polar surface area (TPSA) is 108 Å². The molecule has 0 spiro atoms. The molecule has 0 aliphatic heterocycles. The molecule has 1 aliphatic rings. The molecule has 8 heteroatoms. The average molecular weight is 364 g/mol. The number of nitrogens with zero attached hydrogens (tertiary/aromatic N) is 1. The molecular weight excluding hydrogens is 340 g/mol. The van der Waals surface area contributed by atoms with Crippen LogP contribution in [0.2, 0.25) is 0 Å². The van der Waals surface area contributed by atoms with Gasteiger partial charge in [-0.1, -0.05) is 38.8 Å². The summed E-state index contributed by atoms with van der Waals surface area (Å²) in [4.78, 5) is 34.0. The molecule has 1 fully saturated rings. The van der Waals surface area contributed by atoms with Crippen LogP contribution in [-0.2, 0) is 14.3 Å². The summed E-state index contributed by atoms with van der Waals surface area (Å²) in [5.74, 6) is -0.209. The molecule has 1 amide bonds. The fourth-order valence-electron chi connectivity index (χ4n) is 3.09. The first-order valence-electron chi connectivity index (χ1n) is 8.69. The lowest BCUT2D eigenvalue weighted by atomic mass is 9.78. The van der Waals surface area contributed by atoms with Crippen LogP contribution in [0.3, 0.4) is 0 Å². The van der Waals surface area contributed by atoms with E-state index in [2.05, 4.69) is 19.2 Å². The molecule has 1 N–H and O–H groups in total. The molecule has 0 bridgehead atoms. The standard InChI is InChI=1S/C18H24N2O6/c1-12-6-5-7-14(13(12)2)19-17(21)10-26-18(22)11-25-16-9-4-3-8-15(16)20(23)24/h3-4,8-9,12-14H,5-7,10-11H2,1-2H3,(H,19,21). The molecule has 0 radical (unpaired) electrons. The van der Waals surface area contributed by atoms with Crippen LogP contribution in [0.25, 0.3) is 0 Å². The third kappa shape index (κ3) is 5.44. The van der Waals surface area contributed by atoms with Crippen LogP contribution >= 0.6 is 0 Å². The highest BCUT2D eigenvalue weighted by atomic mass is 16.6. The number of benzene rings is 1. The number of carbonyl (C=O) groups is 2. The number of esters is 1. The van der Waals surface area contributed by atoms with E-state index in [1.807, 2.05) is 0 Å². The van der Waals surface area contributed by atoms with Gasteiger partial charge in [0.1, 0.15) is 0 Å². The molecule has 3 atom stereocenters. The minimum absolute atomic E-state index is 0.0241. The summed E-state index contributed by atoms with van der Waals surface area (Å²) in [5, 5.41) is 13.8. The van der Waals surface area contributed by atoms with E-state index in [0.29, 0.717) is 11.8 Å². The maximum atomic E-state index is 12.0. The van der Waals surface area contributed by atoms with E-state index < -0.39 is 24.1 Å². The van der Waals surface area contributed by atoms with Gasteiger partial charge in [0, 0.05) is 12.1 Å². The van der Waals surface area contributed by atoms with E-state index in [4.69, 9.17) is 9.47 Å². The fourth-order valence-corrected chi connectivity index (χ4v) is 3.09. The fraction of sp³-hybridized carbons (Fsp3) is 0.556. The number of nitro groups is 1. The first kappa shape index (κ1) is 19.7. The highest BCUT2D eigenvalue weighted by Crippen LogP contribution is 2.29. The second kappa shape index (κ2) is 9.17. The number of nitrogens with one attached hydrogen (secondary N) is 1. The SMILES string of the molecule is CC1CCCC(NC(=O)COC(=O)COc2ccccc2[N+](=O)[O-])C1C. The molecule has 8 nitrogen and oxygen atoms in total. The summed E-state index contributed by atoms with van der Waals surface area (Å²) in [6, 6.07) is 5.83. The average Bonchev–Trinajstić information content (AvgIpc) is 2.62. The van der Waals surface area contributed by atoms with Gasteiger partial charge in [0.15, 0.2) is 19.0 Å². The normalized spacial score (nSPS) is 22.3. The van der Waals surface area contributed by atoms with Gasteiger partial charge in [-0.25, -0.2) is 4.79 Å². The minimum Gasteiger partial charge on any atom is -0.475 e. The molecular formula is C18H24N2O6. The summed E-state index contributed by atoms with van der Waals surface area (Å²) in [5.41, 5.74) is -0.238. The molecule has 2 rings (SSSR count). The van der Waals surface area contributed by atoms with Crippen LogP contribution in [0.1, 0.15) is 33.1 Å². The Morgan fingerprint density at radius 2 is 1.96 bits per heavy atom. The number of hydrogen-bond acceptors (Lipinski definition) is 6. The summed E-state index contributed by atoms with van der Waals surface area (Å²) in [6.45, 7) is 3.39. The Hall–Kier alpha value is -2.64. The highest BCUT2D eigenvalue weighted by molar-refractivity contribution is 5.81. The lowest BCUT2D eigenvalue weighted by Crippen LogP contribution is -2.45.